The van der Waals surface area contributed by atoms with Gasteiger partial charge in [0.05, 0.1) is 11.4 Å². The first-order chi connectivity index (χ1) is 10.2. The summed E-state index contributed by atoms with van der Waals surface area (Å²) in [6.07, 6.45) is 1.65. The van der Waals surface area contributed by atoms with E-state index in [1.54, 1.807) is 0 Å². The molecule has 2 atom stereocenters. The molecule has 0 aromatic heterocycles. The van der Waals surface area contributed by atoms with Crippen molar-refractivity contribution in [3.05, 3.63) is 70.8 Å². The van der Waals surface area contributed by atoms with Crippen molar-refractivity contribution in [2.24, 2.45) is 0 Å². The normalized spacial score (nSPS) is 20.1. The fourth-order valence-corrected chi connectivity index (χ4v) is 3.35. The monoisotopic (exact) mass is 299 g/mol. The number of alkyl halides is 1. The summed E-state index contributed by atoms with van der Waals surface area (Å²) in [4.78, 5) is 12.6. The average Bonchev–Trinajstić information content (AvgIpc) is 2.83. The average molecular weight is 300 g/mol. The number of aryl methyl sites for hydroxylation is 1. The smallest absolute Gasteiger partial charge is 0.252 e. The van der Waals surface area contributed by atoms with Crippen LogP contribution >= 0.6 is 11.6 Å². The van der Waals surface area contributed by atoms with Crippen molar-refractivity contribution in [3.8, 4) is 0 Å². The summed E-state index contributed by atoms with van der Waals surface area (Å²) in [7, 11) is 0. The molecule has 3 rings (SSSR count). The first kappa shape index (κ1) is 14.2. The van der Waals surface area contributed by atoms with Crippen LogP contribution in [0.4, 0.5) is 0 Å². The summed E-state index contributed by atoms with van der Waals surface area (Å²) in [5, 5.41) is 3.02. The van der Waals surface area contributed by atoms with Crippen molar-refractivity contribution in [2.75, 3.05) is 0 Å². The third kappa shape index (κ3) is 2.68. The van der Waals surface area contributed by atoms with Crippen LogP contribution in [-0.2, 0) is 12.8 Å². The molecule has 0 aliphatic heterocycles. The molecule has 3 heteroatoms. The van der Waals surface area contributed by atoms with Crippen LogP contribution in [0.3, 0.4) is 0 Å². The van der Waals surface area contributed by atoms with Gasteiger partial charge in [-0.25, -0.2) is 0 Å². The van der Waals surface area contributed by atoms with Crippen molar-refractivity contribution in [1.29, 1.82) is 0 Å². The van der Waals surface area contributed by atoms with Crippen LogP contribution in [0, 0.1) is 0 Å². The summed E-state index contributed by atoms with van der Waals surface area (Å²) < 4.78 is 0. The maximum atomic E-state index is 12.6. The largest absolute Gasteiger partial charge is 0.344 e. The second-order valence-corrected chi connectivity index (χ2v) is 5.94. The molecule has 0 bridgehead atoms. The Labute approximate surface area is 130 Å². The number of carbonyl (C=O) groups is 1. The van der Waals surface area contributed by atoms with Gasteiger partial charge in [-0.2, -0.15) is 0 Å². The lowest BCUT2D eigenvalue weighted by molar-refractivity contribution is 0.0936. The highest BCUT2D eigenvalue weighted by Gasteiger charge is 2.32. The Bertz CT molecular complexity index is 668. The van der Waals surface area contributed by atoms with Crippen LogP contribution in [0.15, 0.2) is 48.5 Å². The van der Waals surface area contributed by atoms with E-state index in [0.29, 0.717) is 0 Å². The van der Waals surface area contributed by atoms with Gasteiger partial charge >= 0.3 is 0 Å². The number of benzene rings is 2. The molecule has 0 saturated carbocycles. The molecule has 2 aromatic rings. The van der Waals surface area contributed by atoms with Crippen LogP contribution in [0.25, 0.3) is 0 Å². The minimum Gasteiger partial charge on any atom is -0.344 e. The van der Waals surface area contributed by atoms with E-state index >= 15 is 0 Å². The Kier molecular flexibility index (Phi) is 3.98. The maximum absolute atomic E-state index is 12.6. The number of nitrogens with one attached hydrogen (secondary N) is 1. The molecule has 1 aliphatic carbocycles. The van der Waals surface area contributed by atoms with Gasteiger partial charge in [0.2, 0.25) is 0 Å². The zero-order valence-electron chi connectivity index (χ0n) is 12.0. The zero-order valence-corrected chi connectivity index (χ0v) is 12.7. The minimum absolute atomic E-state index is 0.0418. The Hall–Kier alpha value is -1.80. The molecule has 108 valence electrons. The Morgan fingerprint density at radius 3 is 2.71 bits per heavy atom. The Morgan fingerprint density at radius 1 is 1.19 bits per heavy atom. The fourth-order valence-electron chi connectivity index (χ4n) is 2.98. The first-order valence-electron chi connectivity index (χ1n) is 7.31. The van der Waals surface area contributed by atoms with E-state index in [9.17, 15) is 4.79 Å². The topological polar surface area (TPSA) is 29.1 Å². The van der Waals surface area contributed by atoms with Crippen LogP contribution in [0.5, 0.6) is 0 Å². The molecule has 2 nitrogen and oxygen atoms in total. The summed E-state index contributed by atoms with van der Waals surface area (Å²) in [5.74, 6) is -0.0418. The summed E-state index contributed by atoms with van der Waals surface area (Å²) in [6, 6.07) is 15.8. The summed E-state index contributed by atoms with van der Waals surface area (Å²) in [5.41, 5.74) is 4.17. The van der Waals surface area contributed by atoms with E-state index < -0.39 is 0 Å². The predicted octanol–water partition coefficient (Wildman–Crippen LogP) is 3.88. The summed E-state index contributed by atoms with van der Waals surface area (Å²) in [6.45, 7) is 2.06. The standard InChI is InChI=1S/C18H18ClNO/c1-2-12-7-3-6-10-15(12)18(21)20-17-14-9-5-4-8-13(14)11-16(17)19/h3-10,16-17H,2,11H2,1H3,(H,20,21). The number of carbonyl (C=O) groups excluding carboxylic acids is 1. The Morgan fingerprint density at radius 2 is 1.90 bits per heavy atom. The SMILES string of the molecule is CCc1ccccc1C(=O)NC1c2ccccc2CC1Cl. The molecular weight excluding hydrogens is 282 g/mol. The van der Waals surface area contributed by atoms with E-state index in [0.717, 1.165) is 29.5 Å². The molecule has 1 amide bonds. The van der Waals surface area contributed by atoms with Crippen molar-refractivity contribution in [3.63, 3.8) is 0 Å². The van der Waals surface area contributed by atoms with Crippen molar-refractivity contribution >= 4 is 17.5 Å². The van der Waals surface area contributed by atoms with Gasteiger partial charge < -0.3 is 5.32 Å². The maximum Gasteiger partial charge on any atom is 0.252 e. The lowest BCUT2D eigenvalue weighted by atomic mass is 10.0. The fraction of sp³-hybridized carbons (Fsp3) is 0.278. The van der Waals surface area contributed by atoms with Gasteiger partial charge in [-0.15, -0.1) is 11.6 Å². The van der Waals surface area contributed by atoms with Crippen LogP contribution in [0.1, 0.15) is 40.0 Å². The van der Waals surface area contributed by atoms with Gasteiger partial charge in [0.25, 0.3) is 5.91 Å². The van der Waals surface area contributed by atoms with E-state index in [4.69, 9.17) is 11.6 Å². The lowest BCUT2D eigenvalue weighted by Gasteiger charge is -2.18. The highest BCUT2D eigenvalue weighted by Crippen LogP contribution is 2.34. The van der Waals surface area contributed by atoms with E-state index in [1.807, 2.05) is 42.5 Å². The second kappa shape index (κ2) is 5.90. The van der Waals surface area contributed by atoms with Gasteiger partial charge in [0, 0.05) is 5.56 Å². The second-order valence-electron chi connectivity index (χ2n) is 5.38. The third-order valence-electron chi connectivity index (χ3n) is 4.10. The molecule has 0 heterocycles. The highest BCUT2D eigenvalue weighted by atomic mass is 35.5. The Balaban J connectivity index is 1.85. The number of fused-ring (bicyclic) bond motifs is 1. The molecule has 0 fully saturated rings. The minimum atomic E-state index is -0.111. The molecule has 2 aromatic carbocycles. The first-order valence-corrected chi connectivity index (χ1v) is 7.75. The molecule has 1 N–H and O–H groups in total. The van der Waals surface area contributed by atoms with Crippen LogP contribution in [-0.4, -0.2) is 11.3 Å². The van der Waals surface area contributed by atoms with Gasteiger partial charge in [0.1, 0.15) is 0 Å². The molecule has 21 heavy (non-hydrogen) atoms. The molecular formula is C18H18ClNO. The molecule has 0 saturated heterocycles. The van der Waals surface area contributed by atoms with Crippen molar-refractivity contribution in [2.45, 2.75) is 31.2 Å². The summed E-state index contributed by atoms with van der Waals surface area (Å²) >= 11 is 6.43. The van der Waals surface area contributed by atoms with E-state index in [1.165, 1.54) is 5.56 Å². The zero-order chi connectivity index (χ0) is 14.8. The highest BCUT2D eigenvalue weighted by molar-refractivity contribution is 6.21. The van der Waals surface area contributed by atoms with E-state index in [-0.39, 0.29) is 17.3 Å². The van der Waals surface area contributed by atoms with Crippen molar-refractivity contribution in [1.82, 2.24) is 5.32 Å². The molecule has 1 aliphatic rings. The number of rotatable bonds is 3. The number of halogens is 1. The lowest BCUT2D eigenvalue weighted by Crippen LogP contribution is -2.32. The number of hydrogen-bond donors (Lipinski definition) is 1. The van der Waals surface area contributed by atoms with Gasteiger partial charge in [-0.3, -0.25) is 4.79 Å². The van der Waals surface area contributed by atoms with Crippen molar-refractivity contribution < 1.29 is 4.79 Å². The number of hydrogen-bond acceptors (Lipinski definition) is 1. The molecule has 0 radical (unpaired) electrons. The number of amides is 1. The van der Waals surface area contributed by atoms with Gasteiger partial charge in [-0.1, -0.05) is 49.4 Å². The predicted molar refractivity (Wildman–Crippen MR) is 85.8 cm³/mol. The quantitative estimate of drug-likeness (QED) is 0.856. The molecule has 2 unspecified atom stereocenters. The van der Waals surface area contributed by atoms with Gasteiger partial charge in [-0.05, 0) is 35.6 Å². The van der Waals surface area contributed by atoms with E-state index in [2.05, 4.69) is 18.3 Å². The van der Waals surface area contributed by atoms with Gasteiger partial charge in [0.15, 0.2) is 0 Å². The molecule has 0 spiro atoms. The van der Waals surface area contributed by atoms with Crippen LogP contribution in [0.2, 0.25) is 0 Å². The third-order valence-corrected chi connectivity index (χ3v) is 4.50. The van der Waals surface area contributed by atoms with Crippen LogP contribution < -0.4 is 5.32 Å².